The van der Waals surface area contributed by atoms with Gasteiger partial charge in [-0.3, -0.25) is 9.97 Å². The van der Waals surface area contributed by atoms with Crippen LogP contribution in [0, 0.1) is 0 Å². The summed E-state index contributed by atoms with van der Waals surface area (Å²) in [5.41, 5.74) is 4.86. The van der Waals surface area contributed by atoms with Crippen LogP contribution in [0.1, 0.15) is 10.4 Å². The van der Waals surface area contributed by atoms with E-state index in [9.17, 15) is 9.90 Å². The molecule has 0 aliphatic rings. The molecule has 0 saturated heterocycles. The predicted octanol–water partition coefficient (Wildman–Crippen LogP) is 0.240. The molecule has 6 heteroatoms. The monoisotopic (exact) mass is 375 g/mol. The van der Waals surface area contributed by atoms with Crippen LogP contribution >= 0.6 is 0 Å². The second-order valence-electron chi connectivity index (χ2n) is 5.92. The molecular formula is C22H14N3NaO2. The summed E-state index contributed by atoms with van der Waals surface area (Å²) in [6.07, 6.45) is 3.44. The summed E-state index contributed by atoms with van der Waals surface area (Å²) >= 11 is 0. The molecule has 0 aliphatic carbocycles. The minimum Gasteiger partial charge on any atom is -0.545 e. The van der Waals surface area contributed by atoms with Gasteiger partial charge in [-0.1, -0.05) is 36.4 Å². The number of benzene rings is 1. The first-order valence-electron chi connectivity index (χ1n) is 8.37. The molecule has 0 amide bonds. The van der Waals surface area contributed by atoms with Gasteiger partial charge in [0.15, 0.2) is 0 Å². The van der Waals surface area contributed by atoms with Crippen LogP contribution in [0.15, 0.2) is 85.2 Å². The van der Waals surface area contributed by atoms with Crippen molar-refractivity contribution in [1.29, 1.82) is 0 Å². The largest absolute Gasteiger partial charge is 1.00 e. The van der Waals surface area contributed by atoms with Crippen molar-refractivity contribution in [3.8, 4) is 33.9 Å². The van der Waals surface area contributed by atoms with Gasteiger partial charge in [0, 0.05) is 12.4 Å². The summed E-state index contributed by atoms with van der Waals surface area (Å²) in [6.45, 7) is 0. The fourth-order valence-electron chi connectivity index (χ4n) is 2.79. The van der Waals surface area contributed by atoms with Crippen molar-refractivity contribution < 1.29 is 39.5 Å². The number of carboxylic acids is 1. The van der Waals surface area contributed by atoms with E-state index in [1.807, 2.05) is 48.5 Å². The average molecular weight is 375 g/mol. The van der Waals surface area contributed by atoms with Crippen molar-refractivity contribution in [3.05, 3.63) is 90.8 Å². The minimum atomic E-state index is -1.19. The molecule has 4 aromatic rings. The molecule has 1 aromatic carbocycles. The maximum absolute atomic E-state index is 11.0. The Labute approximate surface area is 184 Å². The summed E-state index contributed by atoms with van der Waals surface area (Å²) in [5, 5.41) is 11.0. The number of carboxylic acid groups (broad SMARTS) is 1. The quantitative estimate of drug-likeness (QED) is 0.478. The van der Waals surface area contributed by atoms with E-state index >= 15 is 0 Å². The summed E-state index contributed by atoms with van der Waals surface area (Å²) in [4.78, 5) is 24.5. The zero-order valence-electron chi connectivity index (χ0n) is 15.2. The van der Waals surface area contributed by atoms with Crippen LogP contribution in [0.3, 0.4) is 0 Å². The molecule has 0 unspecified atom stereocenters. The first kappa shape index (κ1) is 19.9. The molecule has 0 saturated carbocycles. The summed E-state index contributed by atoms with van der Waals surface area (Å²) in [7, 11) is 0. The van der Waals surface area contributed by atoms with E-state index in [0.717, 1.165) is 33.9 Å². The van der Waals surface area contributed by atoms with Gasteiger partial charge in [-0.2, -0.15) is 0 Å². The Balaban J connectivity index is 0.00000225. The molecule has 28 heavy (non-hydrogen) atoms. The van der Waals surface area contributed by atoms with Crippen LogP contribution < -0.4 is 34.7 Å². The van der Waals surface area contributed by atoms with Crippen molar-refractivity contribution in [3.63, 3.8) is 0 Å². The third-order valence-corrected chi connectivity index (χ3v) is 4.13. The first-order valence-corrected chi connectivity index (χ1v) is 8.37. The molecule has 130 valence electrons. The van der Waals surface area contributed by atoms with Crippen molar-refractivity contribution in [1.82, 2.24) is 15.0 Å². The molecule has 0 N–H and O–H groups in total. The first-order chi connectivity index (χ1) is 13.2. The number of hydrogen-bond acceptors (Lipinski definition) is 5. The third-order valence-electron chi connectivity index (χ3n) is 4.13. The Morgan fingerprint density at radius 1 is 0.679 bits per heavy atom. The van der Waals surface area contributed by atoms with E-state index in [2.05, 4.69) is 9.97 Å². The number of aromatic carboxylic acids is 1. The standard InChI is InChI=1S/C22H15N3O2.Na/c26-22(27)16-9-7-15(8-10-16)17-13-20(18-5-1-3-11-23-18)25-21(14-17)19-6-2-4-12-24-19;/h1-14H,(H,26,27);/q;+1/p-1. The number of hydrogen-bond donors (Lipinski definition) is 0. The Morgan fingerprint density at radius 3 is 1.64 bits per heavy atom. The molecule has 0 aliphatic heterocycles. The Bertz CT molecular complexity index is 1030. The van der Waals surface area contributed by atoms with Gasteiger partial charge in [-0.25, -0.2) is 4.98 Å². The fourth-order valence-corrected chi connectivity index (χ4v) is 2.79. The topological polar surface area (TPSA) is 78.8 Å². The predicted molar refractivity (Wildman–Crippen MR) is 100 cm³/mol. The van der Waals surface area contributed by atoms with E-state index in [1.54, 1.807) is 24.5 Å². The number of carbonyl (C=O) groups is 1. The second kappa shape index (κ2) is 8.89. The van der Waals surface area contributed by atoms with Gasteiger partial charge in [0.25, 0.3) is 0 Å². The molecule has 5 nitrogen and oxygen atoms in total. The Kier molecular flexibility index (Phi) is 6.31. The Hall–Kier alpha value is -2.86. The summed E-state index contributed by atoms with van der Waals surface area (Å²) in [6, 6.07) is 21.8. The van der Waals surface area contributed by atoms with Crippen molar-refractivity contribution in [2.45, 2.75) is 0 Å². The van der Waals surface area contributed by atoms with E-state index in [-0.39, 0.29) is 35.1 Å². The molecule has 0 fully saturated rings. The fraction of sp³-hybridized carbons (Fsp3) is 0. The van der Waals surface area contributed by atoms with Gasteiger partial charge >= 0.3 is 29.6 Å². The van der Waals surface area contributed by atoms with E-state index in [0.29, 0.717) is 0 Å². The van der Waals surface area contributed by atoms with Crippen molar-refractivity contribution in [2.75, 3.05) is 0 Å². The molecule has 3 heterocycles. The second-order valence-corrected chi connectivity index (χ2v) is 5.92. The van der Waals surface area contributed by atoms with E-state index in [4.69, 9.17) is 4.98 Å². The van der Waals surface area contributed by atoms with Crippen LogP contribution in [0.25, 0.3) is 33.9 Å². The zero-order valence-corrected chi connectivity index (χ0v) is 17.2. The molecule has 0 atom stereocenters. The van der Waals surface area contributed by atoms with Gasteiger partial charge in [-0.15, -0.1) is 0 Å². The van der Waals surface area contributed by atoms with Crippen LogP contribution in [0.4, 0.5) is 0 Å². The SMILES string of the molecule is O=C([O-])c1ccc(-c2cc(-c3ccccn3)nc(-c3ccccn3)c2)cc1.[Na+]. The van der Waals surface area contributed by atoms with Gasteiger partial charge in [0.2, 0.25) is 0 Å². The number of nitrogens with zero attached hydrogens (tertiary/aromatic N) is 3. The van der Waals surface area contributed by atoms with Gasteiger partial charge < -0.3 is 9.90 Å². The van der Waals surface area contributed by atoms with Gasteiger partial charge in [-0.05, 0) is 53.1 Å². The Morgan fingerprint density at radius 2 is 1.21 bits per heavy atom. The summed E-state index contributed by atoms with van der Waals surface area (Å²) in [5.74, 6) is -1.19. The smallest absolute Gasteiger partial charge is 0.545 e. The maximum Gasteiger partial charge on any atom is 1.00 e. The van der Waals surface area contributed by atoms with Crippen molar-refractivity contribution >= 4 is 5.97 Å². The number of carbonyl (C=O) groups excluding carboxylic acids is 1. The maximum atomic E-state index is 11.0. The van der Waals surface area contributed by atoms with Crippen LogP contribution in [-0.4, -0.2) is 20.9 Å². The van der Waals surface area contributed by atoms with Crippen molar-refractivity contribution in [2.24, 2.45) is 0 Å². The van der Waals surface area contributed by atoms with E-state index < -0.39 is 5.97 Å². The summed E-state index contributed by atoms with van der Waals surface area (Å²) < 4.78 is 0. The molecule has 4 rings (SSSR count). The van der Waals surface area contributed by atoms with Crippen LogP contribution in [0.5, 0.6) is 0 Å². The molecule has 0 radical (unpaired) electrons. The average Bonchev–Trinajstić information content (AvgIpc) is 2.75. The minimum absolute atomic E-state index is 0. The number of pyridine rings is 3. The third kappa shape index (κ3) is 4.34. The molecular weight excluding hydrogens is 361 g/mol. The van der Waals surface area contributed by atoms with Crippen LogP contribution in [-0.2, 0) is 0 Å². The van der Waals surface area contributed by atoms with Gasteiger partial charge in [0.05, 0.1) is 28.7 Å². The zero-order chi connectivity index (χ0) is 18.6. The molecule has 3 aromatic heterocycles. The van der Waals surface area contributed by atoms with Gasteiger partial charge in [0.1, 0.15) is 0 Å². The number of aromatic nitrogens is 3. The number of rotatable bonds is 4. The van der Waals surface area contributed by atoms with Crippen LogP contribution in [0.2, 0.25) is 0 Å². The molecule has 0 spiro atoms. The van der Waals surface area contributed by atoms with E-state index in [1.165, 1.54) is 12.1 Å². The normalized spacial score (nSPS) is 10.1. The molecule has 0 bridgehead atoms.